The average Bonchev–Trinajstić information content (AvgIpc) is 3.10. The third kappa shape index (κ3) is 5.68. The maximum absolute atomic E-state index is 12.2. The summed E-state index contributed by atoms with van der Waals surface area (Å²) in [5, 5.41) is 12.4. The van der Waals surface area contributed by atoms with E-state index in [1.165, 1.54) is 11.8 Å². The molecule has 0 radical (unpaired) electrons. The van der Waals surface area contributed by atoms with Crippen LogP contribution in [-0.4, -0.2) is 33.5 Å². The van der Waals surface area contributed by atoms with Crippen LogP contribution in [0, 0.1) is 0 Å². The third-order valence-corrected chi connectivity index (χ3v) is 6.39. The zero-order valence-corrected chi connectivity index (χ0v) is 19.7. The van der Waals surface area contributed by atoms with E-state index in [1.54, 1.807) is 25.3 Å². The van der Waals surface area contributed by atoms with Gasteiger partial charge in [0.2, 0.25) is 5.91 Å². The highest BCUT2D eigenvalue weighted by molar-refractivity contribution is 9.10. The summed E-state index contributed by atoms with van der Waals surface area (Å²) in [5.74, 6) is 2.15. The van der Waals surface area contributed by atoms with Gasteiger partial charge in [0, 0.05) is 17.2 Å². The first-order valence-corrected chi connectivity index (χ1v) is 11.1. The molecule has 1 amide bonds. The van der Waals surface area contributed by atoms with Gasteiger partial charge >= 0.3 is 0 Å². The molecule has 0 spiro atoms. The molecule has 1 aromatic heterocycles. The number of hydrogen-bond donors (Lipinski definition) is 1. The monoisotopic (exact) mass is 510 g/mol. The smallest absolute Gasteiger partial charge is 0.234 e. The highest BCUT2D eigenvalue weighted by atomic mass is 79.9. The van der Waals surface area contributed by atoms with Gasteiger partial charge in [-0.3, -0.25) is 4.79 Å². The molecule has 0 fully saturated rings. The minimum absolute atomic E-state index is 0.162. The Morgan fingerprint density at radius 1 is 1.23 bits per heavy atom. The molecule has 0 aliphatic heterocycles. The fourth-order valence-corrected chi connectivity index (χ4v) is 3.76. The summed E-state index contributed by atoms with van der Waals surface area (Å²) in [6.07, 6.45) is -0.316. The van der Waals surface area contributed by atoms with Crippen molar-refractivity contribution in [1.29, 1.82) is 0 Å². The number of benzene rings is 2. The number of nitrogens with zero attached hydrogens (tertiary/aromatic N) is 3. The molecule has 0 saturated heterocycles. The summed E-state index contributed by atoms with van der Waals surface area (Å²) < 4.78 is 13.7. The molecule has 30 heavy (non-hydrogen) atoms. The second-order valence-electron chi connectivity index (χ2n) is 6.30. The quantitative estimate of drug-likeness (QED) is 0.423. The van der Waals surface area contributed by atoms with Crippen LogP contribution in [0.1, 0.15) is 18.9 Å². The van der Waals surface area contributed by atoms with Crippen LogP contribution in [0.25, 0.3) is 0 Å². The number of anilines is 1. The second-order valence-corrected chi connectivity index (χ2v) is 8.51. The predicted molar refractivity (Wildman–Crippen MR) is 122 cm³/mol. The number of nitrogens with one attached hydrogen (secondary N) is 1. The van der Waals surface area contributed by atoms with Crippen molar-refractivity contribution >= 4 is 50.9 Å². The van der Waals surface area contributed by atoms with Gasteiger partial charge in [0.05, 0.1) is 17.9 Å². The second kappa shape index (κ2) is 10.2. The minimum atomic E-state index is -0.316. The molecule has 3 rings (SSSR count). The van der Waals surface area contributed by atoms with Crippen LogP contribution in [0.4, 0.5) is 5.69 Å². The van der Waals surface area contributed by atoms with Crippen LogP contribution in [0.5, 0.6) is 11.5 Å². The fraction of sp³-hybridized carbons (Fsp3) is 0.250. The molecule has 3 aromatic rings. The Morgan fingerprint density at radius 3 is 2.60 bits per heavy atom. The van der Waals surface area contributed by atoms with Crippen molar-refractivity contribution in [3.05, 3.63) is 57.8 Å². The van der Waals surface area contributed by atoms with E-state index in [2.05, 4.69) is 31.4 Å². The summed E-state index contributed by atoms with van der Waals surface area (Å²) in [6, 6.07) is 12.6. The van der Waals surface area contributed by atoms with Crippen molar-refractivity contribution in [1.82, 2.24) is 14.8 Å². The Hall–Kier alpha value is -2.23. The van der Waals surface area contributed by atoms with Crippen LogP contribution in [-0.2, 0) is 11.8 Å². The van der Waals surface area contributed by atoms with Gasteiger partial charge in [-0.1, -0.05) is 23.4 Å². The normalized spacial score (nSPS) is 11.8. The van der Waals surface area contributed by atoms with E-state index in [4.69, 9.17) is 21.1 Å². The molecule has 10 heteroatoms. The molecule has 1 heterocycles. The summed E-state index contributed by atoms with van der Waals surface area (Å²) in [5.41, 5.74) is 0.633. The van der Waals surface area contributed by atoms with E-state index in [-0.39, 0.29) is 17.8 Å². The highest BCUT2D eigenvalue weighted by Crippen LogP contribution is 2.27. The molecular weight excluding hydrogens is 492 g/mol. The van der Waals surface area contributed by atoms with Crippen LogP contribution in [0.3, 0.4) is 0 Å². The Kier molecular flexibility index (Phi) is 7.63. The van der Waals surface area contributed by atoms with E-state index in [0.717, 1.165) is 10.2 Å². The zero-order chi connectivity index (χ0) is 21.7. The van der Waals surface area contributed by atoms with E-state index in [1.807, 2.05) is 42.8 Å². The number of halogens is 2. The Balaban J connectivity index is 1.57. The number of amides is 1. The Labute approximate surface area is 192 Å². The molecule has 158 valence electrons. The lowest BCUT2D eigenvalue weighted by Gasteiger charge is -2.14. The molecular formula is C20H20BrClN4O3S. The number of rotatable bonds is 8. The lowest BCUT2D eigenvalue weighted by Crippen LogP contribution is -2.15. The molecule has 1 N–H and O–H groups in total. The third-order valence-electron chi connectivity index (χ3n) is 4.14. The van der Waals surface area contributed by atoms with Gasteiger partial charge in [-0.25, -0.2) is 0 Å². The molecule has 2 aromatic carbocycles. The molecule has 1 atom stereocenters. The van der Waals surface area contributed by atoms with E-state index >= 15 is 0 Å². The predicted octanol–water partition coefficient (Wildman–Crippen LogP) is 5.11. The van der Waals surface area contributed by atoms with Crippen molar-refractivity contribution in [2.75, 3.05) is 18.2 Å². The summed E-state index contributed by atoms with van der Waals surface area (Å²) in [6.45, 7) is 1.90. The first-order valence-electron chi connectivity index (χ1n) is 8.95. The highest BCUT2D eigenvalue weighted by Gasteiger charge is 2.18. The first kappa shape index (κ1) is 22.5. The van der Waals surface area contributed by atoms with Crippen LogP contribution in [0.2, 0.25) is 5.02 Å². The topological polar surface area (TPSA) is 78.3 Å². The van der Waals surface area contributed by atoms with Crippen LogP contribution in [0.15, 0.2) is 52.1 Å². The Bertz CT molecular complexity index is 1030. The standard InChI is InChI=1S/C20H20BrClN4O3S/c1-12(29-15-7-5-14(28-3)6-8-15)19-24-25-20(26(19)2)30-11-18(27)23-13-4-9-16(21)17(22)10-13/h4-10,12H,11H2,1-3H3,(H,23,27). The van der Waals surface area contributed by atoms with Crippen LogP contribution >= 0.6 is 39.3 Å². The van der Waals surface area contributed by atoms with Crippen molar-refractivity contribution in [2.45, 2.75) is 18.2 Å². The average molecular weight is 512 g/mol. The molecule has 0 bridgehead atoms. The summed E-state index contributed by atoms with van der Waals surface area (Å²) >= 11 is 10.7. The van der Waals surface area contributed by atoms with Crippen molar-refractivity contribution in [2.24, 2.45) is 7.05 Å². The van der Waals surface area contributed by atoms with Crippen molar-refractivity contribution in [3.8, 4) is 11.5 Å². The number of methoxy groups -OCH3 is 1. The van der Waals surface area contributed by atoms with Gasteiger partial charge in [-0.2, -0.15) is 0 Å². The summed E-state index contributed by atoms with van der Waals surface area (Å²) in [7, 11) is 3.46. The zero-order valence-electron chi connectivity index (χ0n) is 16.6. The number of aromatic nitrogens is 3. The van der Waals surface area contributed by atoms with Gasteiger partial charge in [0.25, 0.3) is 0 Å². The van der Waals surface area contributed by atoms with Gasteiger partial charge < -0.3 is 19.4 Å². The maximum Gasteiger partial charge on any atom is 0.234 e. The fourth-order valence-electron chi connectivity index (χ4n) is 2.62. The largest absolute Gasteiger partial charge is 0.497 e. The SMILES string of the molecule is COc1ccc(OC(C)c2nnc(SCC(=O)Nc3ccc(Br)c(Cl)c3)n2C)cc1. The van der Waals surface area contributed by atoms with E-state index in [9.17, 15) is 4.79 Å². The number of hydrogen-bond acceptors (Lipinski definition) is 6. The lowest BCUT2D eigenvalue weighted by molar-refractivity contribution is -0.113. The lowest BCUT2D eigenvalue weighted by atomic mass is 10.3. The van der Waals surface area contributed by atoms with Gasteiger partial charge in [0.15, 0.2) is 17.1 Å². The molecule has 0 aliphatic carbocycles. The molecule has 0 saturated carbocycles. The van der Waals surface area contributed by atoms with Gasteiger partial charge in [0.1, 0.15) is 11.5 Å². The van der Waals surface area contributed by atoms with Crippen molar-refractivity contribution < 1.29 is 14.3 Å². The Morgan fingerprint density at radius 2 is 1.93 bits per heavy atom. The molecule has 0 aliphatic rings. The van der Waals surface area contributed by atoms with Gasteiger partial charge in [-0.15, -0.1) is 10.2 Å². The summed E-state index contributed by atoms with van der Waals surface area (Å²) in [4.78, 5) is 12.2. The number of carbonyl (C=O) groups excluding carboxylic acids is 1. The maximum atomic E-state index is 12.2. The van der Waals surface area contributed by atoms with Crippen molar-refractivity contribution in [3.63, 3.8) is 0 Å². The van der Waals surface area contributed by atoms with Crippen LogP contribution < -0.4 is 14.8 Å². The minimum Gasteiger partial charge on any atom is -0.497 e. The van der Waals surface area contributed by atoms with Gasteiger partial charge in [-0.05, 0) is 65.3 Å². The van der Waals surface area contributed by atoms with E-state index in [0.29, 0.717) is 27.4 Å². The first-order chi connectivity index (χ1) is 14.4. The van der Waals surface area contributed by atoms with E-state index < -0.39 is 0 Å². The molecule has 1 unspecified atom stereocenters. The number of ether oxygens (including phenoxy) is 2. The number of carbonyl (C=O) groups is 1. The number of thioether (sulfide) groups is 1. The molecule has 7 nitrogen and oxygen atoms in total.